The van der Waals surface area contributed by atoms with Gasteiger partial charge in [0.2, 0.25) is 21.8 Å². The van der Waals surface area contributed by atoms with Gasteiger partial charge in [-0.1, -0.05) is 57.2 Å². The fraction of sp³-hybridized carbons (Fsp3) is 0.667. The second kappa shape index (κ2) is 12.0. The van der Waals surface area contributed by atoms with Gasteiger partial charge >= 0.3 is 0 Å². The molecule has 5 rings (SSSR count). The molecule has 1 aliphatic carbocycles. The van der Waals surface area contributed by atoms with E-state index in [-0.39, 0.29) is 37.1 Å². The average Bonchev–Trinajstić information content (AvgIpc) is 3.53. The minimum atomic E-state index is -3.49. The molecule has 3 heterocycles. The lowest BCUT2D eigenvalue weighted by molar-refractivity contribution is -0.144. The van der Waals surface area contributed by atoms with Gasteiger partial charge in [-0.05, 0) is 48.1 Å². The Bertz CT molecular complexity index is 1390. The number of hydrogen-bond donors (Lipinski definition) is 2. The molecule has 2 aliphatic heterocycles. The first-order chi connectivity index (χ1) is 19.8. The van der Waals surface area contributed by atoms with E-state index in [4.69, 9.17) is 0 Å². The van der Waals surface area contributed by atoms with Crippen LogP contribution in [0.4, 0.5) is 0 Å². The second-order valence-electron chi connectivity index (χ2n) is 13.4. The zero-order valence-electron chi connectivity index (χ0n) is 25.1. The number of sulfonamides is 1. The number of carbonyl (C=O) groups is 2. The van der Waals surface area contributed by atoms with Crippen molar-refractivity contribution in [1.82, 2.24) is 29.5 Å². The van der Waals surface area contributed by atoms with Crippen molar-refractivity contribution >= 4 is 21.8 Å². The smallest absolute Gasteiger partial charge is 0.248 e. The highest BCUT2D eigenvalue weighted by Crippen LogP contribution is 2.40. The third-order valence-electron chi connectivity index (χ3n) is 8.75. The molecule has 3 atom stereocenters. The van der Waals surface area contributed by atoms with Crippen molar-refractivity contribution < 1.29 is 23.1 Å². The number of aromatic nitrogens is 3. The molecule has 2 amide bonds. The van der Waals surface area contributed by atoms with E-state index in [0.29, 0.717) is 36.1 Å². The number of benzene rings is 1. The highest BCUT2D eigenvalue weighted by Gasteiger charge is 2.45. The zero-order chi connectivity index (χ0) is 30.2. The summed E-state index contributed by atoms with van der Waals surface area (Å²) in [4.78, 5) is 28.9. The largest absolute Gasteiger partial charge is 0.391 e. The first kappa shape index (κ1) is 30.6. The van der Waals surface area contributed by atoms with Crippen LogP contribution in [-0.4, -0.2) is 81.3 Å². The molecular formula is C30H44N6O5S. The van der Waals surface area contributed by atoms with E-state index < -0.39 is 33.6 Å². The van der Waals surface area contributed by atoms with Gasteiger partial charge in [0.1, 0.15) is 12.1 Å². The van der Waals surface area contributed by atoms with Gasteiger partial charge in [-0.25, -0.2) is 17.4 Å². The molecule has 1 saturated carbocycles. The SMILES string of the molecule is CC1CCN(S(=O)(=O)Cc2ccccc2CNC(=O)[C@@H]2C[C@@H](O)CN2C(=O)[C@@H](n2cc(C3CC3)nn2)C(C)(C)C)CC1. The normalized spacial score (nSPS) is 23.2. The molecule has 0 bridgehead atoms. The molecule has 3 aliphatic rings. The van der Waals surface area contributed by atoms with E-state index >= 15 is 0 Å². The molecule has 2 saturated heterocycles. The Morgan fingerprint density at radius 2 is 1.76 bits per heavy atom. The summed E-state index contributed by atoms with van der Waals surface area (Å²) in [6, 6.07) is 5.66. The number of aliphatic hydroxyl groups is 1. The summed E-state index contributed by atoms with van der Waals surface area (Å²) in [6.45, 7) is 9.22. The Morgan fingerprint density at radius 3 is 2.40 bits per heavy atom. The number of hydrogen-bond acceptors (Lipinski definition) is 7. The van der Waals surface area contributed by atoms with E-state index in [1.165, 1.54) is 4.90 Å². The first-order valence-electron chi connectivity index (χ1n) is 15.1. The highest BCUT2D eigenvalue weighted by atomic mass is 32.2. The standard InChI is InChI=1S/C30H44N6O5S/c1-20-11-13-34(14-12-20)42(40,41)19-23-8-6-5-7-22(23)16-31-28(38)26-15-24(37)17-35(26)29(39)27(30(2,3)4)36-18-25(32-33-36)21-9-10-21/h5-8,18,20-21,24,26-27,37H,9-17,19H2,1-4H3,(H,31,38)/t24-,26+,27-/m1/s1. The number of likely N-dealkylation sites (tertiary alicyclic amines) is 1. The number of nitrogens with zero attached hydrogens (tertiary/aromatic N) is 5. The van der Waals surface area contributed by atoms with Gasteiger partial charge in [0.25, 0.3) is 0 Å². The Balaban J connectivity index is 1.28. The number of amides is 2. The molecule has 0 spiro atoms. The number of carbonyl (C=O) groups excluding carboxylic acids is 2. The van der Waals surface area contributed by atoms with Crippen LogP contribution < -0.4 is 5.32 Å². The van der Waals surface area contributed by atoms with Gasteiger partial charge in [-0.3, -0.25) is 9.59 Å². The van der Waals surface area contributed by atoms with Crippen LogP contribution in [0, 0.1) is 11.3 Å². The third kappa shape index (κ3) is 6.86. The Hall–Kier alpha value is -2.83. The predicted molar refractivity (Wildman–Crippen MR) is 157 cm³/mol. The van der Waals surface area contributed by atoms with Crippen molar-refractivity contribution in [3.63, 3.8) is 0 Å². The molecule has 230 valence electrons. The number of aliphatic hydroxyl groups excluding tert-OH is 1. The molecule has 12 heteroatoms. The molecule has 3 fully saturated rings. The summed E-state index contributed by atoms with van der Waals surface area (Å²) in [5.74, 6) is 0.118. The van der Waals surface area contributed by atoms with Crippen LogP contribution in [0.25, 0.3) is 0 Å². The zero-order valence-corrected chi connectivity index (χ0v) is 25.9. The molecule has 0 radical (unpaired) electrons. The van der Waals surface area contributed by atoms with Crippen molar-refractivity contribution in [2.24, 2.45) is 11.3 Å². The van der Waals surface area contributed by atoms with Crippen molar-refractivity contribution in [2.75, 3.05) is 19.6 Å². The molecule has 1 aromatic heterocycles. The van der Waals surface area contributed by atoms with Crippen molar-refractivity contribution in [3.8, 4) is 0 Å². The Labute approximate surface area is 248 Å². The lowest BCUT2D eigenvalue weighted by Crippen LogP contribution is -2.50. The molecule has 42 heavy (non-hydrogen) atoms. The summed E-state index contributed by atoms with van der Waals surface area (Å²) in [5.41, 5.74) is 1.71. The summed E-state index contributed by atoms with van der Waals surface area (Å²) in [5, 5.41) is 22.0. The van der Waals surface area contributed by atoms with Crippen LogP contribution in [-0.2, 0) is 31.9 Å². The maximum absolute atomic E-state index is 14.0. The maximum atomic E-state index is 14.0. The van der Waals surface area contributed by atoms with Gasteiger partial charge in [0.05, 0.1) is 17.6 Å². The van der Waals surface area contributed by atoms with Crippen LogP contribution in [0.1, 0.15) is 88.6 Å². The van der Waals surface area contributed by atoms with E-state index in [1.807, 2.05) is 39.1 Å². The van der Waals surface area contributed by atoms with Crippen molar-refractivity contribution in [3.05, 3.63) is 47.3 Å². The lowest BCUT2D eigenvalue weighted by atomic mass is 9.85. The average molecular weight is 601 g/mol. The summed E-state index contributed by atoms with van der Waals surface area (Å²) in [6.07, 6.45) is 4.99. The predicted octanol–water partition coefficient (Wildman–Crippen LogP) is 2.58. The van der Waals surface area contributed by atoms with Gasteiger partial charge in [0.15, 0.2) is 0 Å². The quantitative estimate of drug-likeness (QED) is 0.451. The van der Waals surface area contributed by atoms with E-state index in [2.05, 4.69) is 22.6 Å². The fourth-order valence-electron chi connectivity index (χ4n) is 6.05. The number of rotatable bonds is 9. The monoisotopic (exact) mass is 600 g/mol. The molecule has 0 unspecified atom stereocenters. The van der Waals surface area contributed by atoms with Gasteiger partial charge in [0, 0.05) is 44.7 Å². The fourth-order valence-corrected chi connectivity index (χ4v) is 7.67. The van der Waals surface area contributed by atoms with Crippen LogP contribution in [0.2, 0.25) is 0 Å². The summed E-state index contributed by atoms with van der Waals surface area (Å²) < 4.78 is 29.5. The molecule has 11 nitrogen and oxygen atoms in total. The highest BCUT2D eigenvalue weighted by molar-refractivity contribution is 7.88. The van der Waals surface area contributed by atoms with E-state index in [1.54, 1.807) is 21.1 Å². The Kier molecular flexibility index (Phi) is 8.78. The summed E-state index contributed by atoms with van der Waals surface area (Å²) >= 11 is 0. The third-order valence-corrected chi connectivity index (χ3v) is 10.6. The molecule has 2 aromatic rings. The lowest BCUT2D eigenvalue weighted by Gasteiger charge is -2.34. The van der Waals surface area contributed by atoms with Crippen molar-refractivity contribution in [1.29, 1.82) is 0 Å². The van der Waals surface area contributed by atoms with Gasteiger partial charge in [-0.15, -0.1) is 5.10 Å². The number of nitrogens with one attached hydrogen (secondary N) is 1. The second-order valence-corrected chi connectivity index (χ2v) is 15.4. The van der Waals surface area contributed by atoms with Gasteiger partial charge in [-0.2, -0.15) is 0 Å². The number of piperidine rings is 1. The summed E-state index contributed by atoms with van der Waals surface area (Å²) in [7, 11) is -3.49. The number of β-amino-alcohol motifs (C(OH)–C–C–N with tert-alkyl or cyclic N) is 1. The van der Waals surface area contributed by atoms with E-state index in [0.717, 1.165) is 31.4 Å². The molecular weight excluding hydrogens is 556 g/mol. The van der Waals surface area contributed by atoms with Crippen LogP contribution >= 0.6 is 0 Å². The van der Waals surface area contributed by atoms with Crippen molar-refractivity contribution in [2.45, 2.75) is 96.2 Å². The van der Waals surface area contributed by atoms with Crippen LogP contribution in [0.5, 0.6) is 0 Å². The van der Waals surface area contributed by atoms with Crippen LogP contribution in [0.15, 0.2) is 30.5 Å². The maximum Gasteiger partial charge on any atom is 0.248 e. The topological polar surface area (TPSA) is 138 Å². The minimum Gasteiger partial charge on any atom is -0.391 e. The van der Waals surface area contributed by atoms with E-state index in [9.17, 15) is 23.1 Å². The Morgan fingerprint density at radius 1 is 1.10 bits per heavy atom. The molecule has 2 N–H and O–H groups in total. The first-order valence-corrected chi connectivity index (χ1v) is 16.7. The van der Waals surface area contributed by atoms with Crippen LogP contribution in [0.3, 0.4) is 0 Å². The van der Waals surface area contributed by atoms with Gasteiger partial charge < -0.3 is 15.3 Å². The minimum absolute atomic E-state index is 0.0525. The molecule has 1 aromatic carbocycles.